The van der Waals surface area contributed by atoms with Gasteiger partial charge < -0.3 is 23.6 Å². The summed E-state index contributed by atoms with van der Waals surface area (Å²) in [6.07, 6.45) is 21.1. The van der Waals surface area contributed by atoms with Crippen LogP contribution in [0.5, 0.6) is 0 Å². The number of benzene rings is 1. The first-order valence-electron chi connectivity index (χ1n) is 17.5. The summed E-state index contributed by atoms with van der Waals surface area (Å²) in [5, 5.41) is 9.78. The van der Waals surface area contributed by atoms with Crippen LogP contribution in [0.15, 0.2) is 52.2 Å². The van der Waals surface area contributed by atoms with Crippen LogP contribution in [0, 0.1) is 0 Å². The van der Waals surface area contributed by atoms with Crippen LogP contribution in [-0.2, 0) is 36.2 Å². The Labute approximate surface area is 275 Å². The maximum absolute atomic E-state index is 13.5. The molecule has 11 heteroatoms. The first-order valence-corrected chi connectivity index (χ1v) is 19.2. The van der Waals surface area contributed by atoms with Crippen molar-refractivity contribution in [1.82, 2.24) is 9.55 Å². The van der Waals surface area contributed by atoms with Gasteiger partial charge in [-0.2, -0.15) is 0 Å². The zero-order chi connectivity index (χ0) is 33.1. The summed E-state index contributed by atoms with van der Waals surface area (Å²) < 4.78 is 37.5. The number of nitrogens with one attached hydrogen (secondary N) is 1. The molecule has 10 nitrogen and oxygen atoms in total. The Hall–Kier alpha value is -2.07. The minimum absolute atomic E-state index is 0.0484. The molecule has 0 bridgehead atoms. The summed E-state index contributed by atoms with van der Waals surface area (Å²) in [4.78, 5) is 25.5. The molecule has 2 unspecified atom stereocenters. The van der Waals surface area contributed by atoms with E-state index in [2.05, 4.69) is 11.9 Å². The number of hydrogen-bond acceptors (Lipinski definition) is 8. The number of unbranched alkanes of at least 4 members (excludes halogenated alkanes) is 15. The van der Waals surface area contributed by atoms with Gasteiger partial charge in [-0.3, -0.25) is 18.9 Å². The quantitative estimate of drug-likeness (QED) is 0.0645. The van der Waals surface area contributed by atoms with E-state index in [-0.39, 0.29) is 26.4 Å². The molecule has 0 aliphatic carbocycles. The molecule has 1 aromatic heterocycles. The molecule has 0 amide bonds. The van der Waals surface area contributed by atoms with E-state index < -0.39 is 37.9 Å². The van der Waals surface area contributed by atoms with Gasteiger partial charge in [-0.1, -0.05) is 134 Å². The topological polar surface area (TPSA) is 129 Å². The highest BCUT2D eigenvalue weighted by Crippen LogP contribution is 2.49. The molecule has 0 saturated heterocycles. The zero-order valence-electron chi connectivity index (χ0n) is 28.1. The third-order valence-corrected chi connectivity index (χ3v) is 9.46. The zero-order valence-corrected chi connectivity index (χ0v) is 29.0. The molecule has 262 valence electrons. The Bertz CT molecular complexity index is 1170. The molecular weight excluding hydrogens is 607 g/mol. The number of nitrogens with zero attached hydrogens (tertiary/aromatic N) is 1. The molecule has 0 aliphatic rings. The average molecular weight is 667 g/mol. The van der Waals surface area contributed by atoms with Crippen molar-refractivity contribution in [2.24, 2.45) is 0 Å². The van der Waals surface area contributed by atoms with Crippen molar-refractivity contribution in [3.8, 4) is 0 Å². The number of hydrogen-bond donors (Lipinski definition) is 2. The number of aliphatic hydroxyl groups excluding tert-OH is 1. The third kappa shape index (κ3) is 19.6. The van der Waals surface area contributed by atoms with E-state index in [9.17, 15) is 19.3 Å². The minimum Gasteiger partial charge on any atom is -0.394 e. The first kappa shape index (κ1) is 40.1. The summed E-state index contributed by atoms with van der Waals surface area (Å²) >= 11 is 0. The standard InChI is InChI=1S/C35H59N2O8P/c1-2-3-4-5-6-7-8-9-10-11-12-13-14-15-16-20-25-42-26-27-44-46(41,45-30-32-21-18-17-19-22-32)31-43-33(29-38)28-37-24-23-34(39)36-35(37)40/h17-19,21-24,33,38H,2-16,20,25-31H2,1H3,(H,36,39,40). The third-order valence-electron chi connectivity index (χ3n) is 7.90. The van der Waals surface area contributed by atoms with Gasteiger partial charge in [-0.25, -0.2) is 4.79 Å². The SMILES string of the molecule is CCCCCCCCCCCCCCCCCCOCCOP(=O)(COC(CO)Cn1ccc(=O)[nH]c1=O)OCc1ccccc1. The van der Waals surface area contributed by atoms with Crippen molar-refractivity contribution in [2.45, 2.75) is 129 Å². The number of ether oxygens (including phenoxy) is 2. The fourth-order valence-corrected chi connectivity index (χ4v) is 6.43. The molecule has 2 rings (SSSR count). The van der Waals surface area contributed by atoms with Crippen molar-refractivity contribution < 1.29 is 28.2 Å². The highest BCUT2D eigenvalue weighted by molar-refractivity contribution is 7.53. The first-order chi connectivity index (χ1) is 22.5. The fraction of sp³-hybridized carbons (Fsp3) is 0.714. The second kappa shape index (κ2) is 26.0. The van der Waals surface area contributed by atoms with Crippen molar-refractivity contribution >= 4 is 7.60 Å². The maximum Gasteiger partial charge on any atom is 0.356 e. The summed E-state index contributed by atoms with van der Waals surface area (Å²) in [6.45, 7) is 2.80. The van der Waals surface area contributed by atoms with Gasteiger partial charge in [0.25, 0.3) is 5.56 Å². The van der Waals surface area contributed by atoms with E-state index in [1.807, 2.05) is 30.3 Å². The van der Waals surface area contributed by atoms with Crippen LogP contribution >= 0.6 is 7.60 Å². The second-order valence-electron chi connectivity index (χ2n) is 12.0. The van der Waals surface area contributed by atoms with Gasteiger partial charge in [0, 0.05) is 18.9 Å². The van der Waals surface area contributed by atoms with Crippen LogP contribution < -0.4 is 11.2 Å². The van der Waals surface area contributed by atoms with Gasteiger partial charge in [0.15, 0.2) is 0 Å². The summed E-state index contributed by atoms with van der Waals surface area (Å²) in [5.74, 6) is 0. The van der Waals surface area contributed by atoms with Crippen LogP contribution in [0.25, 0.3) is 0 Å². The Balaban J connectivity index is 1.58. The summed E-state index contributed by atoms with van der Waals surface area (Å²) in [7, 11) is -3.73. The number of aromatic amines is 1. The monoisotopic (exact) mass is 666 g/mol. The van der Waals surface area contributed by atoms with Crippen LogP contribution in [0.1, 0.15) is 115 Å². The Morgan fingerprint density at radius 2 is 1.35 bits per heavy atom. The Kier molecular flexibility index (Phi) is 22.6. The molecule has 0 saturated carbocycles. The predicted octanol–water partition coefficient (Wildman–Crippen LogP) is 7.58. The molecule has 46 heavy (non-hydrogen) atoms. The van der Waals surface area contributed by atoms with Gasteiger partial charge in [0.05, 0.1) is 39.1 Å². The van der Waals surface area contributed by atoms with Crippen molar-refractivity contribution in [1.29, 1.82) is 0 Å². The van der Waals surface area contributed by atoms with Crippen LogP contribution in [0.4, 0.5) is 0 Å². The smallest absolute Gasteiger partial charge is 0.356 e. The largest absolute Gasteiger partial charge is 0.394 e. The van der Waals surface area contributed by atoms with E-state index in [1.165, 1.54) is 107 Å². The highest BCUT2D eigenvalue weighted by atomic mass is 31.2. The van der Waals surface area contributed by atoms with E-state index >= 15 is 0 Å². The number of aliphatic hydroxyl groups is 1. The molecule has 0 aliphatic heterocycles. The van der Waals surface area contributed by atoms with E-state index in [0.717, 1.165) is 18.4 Å². The van der Waals surface area contributed by atoms with Gasteiger partial charge in [-0.15, -0.1) is 0 Å². The molecule has 2 aromatic rings. The van der Waals surface area contributed by atoms with E-state index in [0.29, 0.717) is 6.61 Å². The van der Waals surface area contributed by atoms with Gasteiger partial charge in [-0.05, 0) is 12.0 Å². The van der Waals surface area contributed by atoms with Crippen molar-refractivity contribution in [3.05, 3.63) is 69.0 Å². The van der Waals surface area contributed by atoms with E-state index in [4.69, 9.17) is 18.5 Å². The van der Waals surface area contributed by atoms with E-state index in [1.54, 1.807) is 0 Å². The maximum atomic E-state index is 13.5. The molecule has 0 radical (unpaired) electrons. The lowest BCUT2D eigenvalue weighted by Gasteiger charge is -2.22. The van der Waals surface area contributed by atoms with Crippen LogP contribution in [-0.4, -0.2) is 53.5 Å². The molecule has 1 aromatic carbocycles. The molecule has 0 fully saturated rings. The van der Waals surface area contributed by atoms with Gasteiger partial charge in [0.1, 0.15) is 6.35 Å². The predicted molar refractivity (Wildman–Crippen MR) is 183 cm³/mol. The molecule has 2 N–H and O–H groups in total. The lowest BCUT2D eigenvalue weighted by atomic mass is 10.0. The molecule has 2 atom stereocenters. The Morgan fingerprint density at radius 3 is 1.91 bits per heavy atom. The molecular formula is C35H59N2O8P. The summed E-state index contributed by atoms with van der Waals surface area (Å²) in [6, 6.07) is 10.5. The van der Waals surface area contributed by atoms with Crippen molar-refractivity contribution in [3.63, 3.8) is 0 Å². The normalized spacial score (nSPS) is 13.5. The Morgan fingerprint density at radius 1 is 0.761 bits per heavy atom. The van der Waals surface area contributed by atoms with Gasteiger partial charge in [0.2, 0.25) is 0 Å². The van der Waals surface area contributed by atoms with Crippen LogP contribution in [0.2, 0.25) is 0 Å². The fourth-order valence-electron chi connectivity index (χ4n) is 5.12. The summed E-state index contributed by atoms with van der Waals surface area (Å²) in [5.41, 5.74) is -0.327. The lowest BCUT2D eigenvalue weighted by molar-refractivity contribution is 0.0112. The van der Waals surface area contributed by atoms with Crippen LogP contribution in [0.3, 0.4) is 0 Å². The highest BCUT2D eigenvalue weighted by Gasteiger charge is 2.27. The molecule has 1 heterocycles. The average Bonchev–Trinajstić information content (AvgIpc) is 3.06. The van der Waals surface area contributed by atoms with Gasteiger partial charge >= 0.3 is 13.3 Å². The number of rotatable bonds is 30. The van der Waals surface area contributed by atoms with Crippen molar-refractivity contribution in [2.75, 3.05) is 32.8 Å². The second-order valence-corrected chi connectivity index (χ2v) is 14.0. The lowest BCUT2D eigenvalue weighted by Crippen LogP contribution is -2.34. The molecule has 0 spiro atoms. The number of H-pyrrole nitrogens is 1. The number of aromatic nitrogens is 2. The minimum atomic E-state index is -3.73.